The Labute approximate surface area is 100 Å². The molecule has 1 unspecified atom stereocenters. The van der Waals surface area contributed by atoms with Gasteiger partial charge in [0.05, 0.1) is 16.0 Å². The average molecular weight is 245 g/mol. The van der Waals surface area contributed by atoms with Crippen LogP contribution in [0, 0.1) is 16.7 Å². The smallest absolute Gasteiger partial charge is 0.0935 e. The first-order valence-electron chi connectivity index (χ1n) is 5.21. The number of rotatable bonds is 2. The first kappa shape index (κ1) is 11.4. The van der Waals surface area contributed by atoms with E-state index >= 15 is 0 Å². The Morgan fingerprint density at radius 3 is 2.20 bits per heavy atom. The molecule has 0 bridgehead atoms. The van der Waals surface area contributed by atoms with Crippen LogP contribution in [0.1, 0.15) is 38.7 Å². The molecule has 1 aliphatic carbocycles. The van der Waals surface area contributed by atoms with Crippen molar-refractivity contribution in [1.82, 2.24) is 0 Å². The molecule has 3 heteroatoms. The van der Waals surface area contributed by atoms with Gasteiger partial charge in [0.1, 0.15) is 0 Å². The molecule has 0 radical (unpaired) electrons. The molecule has 1 aromatic rings. The van der Waals surface area contributed by atoms with Crippen molar-refractivity contribution < 1.29 is 5.11 Å². The van der Waals surface area contributed by atoms with E-state index in [0.717, 1.165) is 4.88 Å². The molecule has 0 aromatic carbocycles. The van der Waals surface area contributed by atoms with Crippen molar-refractivity contribution in [2.24, 2.45) is 16.7 Å². The molecular formula is C12H17ClOS. The van der Waals surface area contributed by atoms with Crippen LogP contribution in [0.4, 0.5) is 0 Å². The van der Waals surface area contributed by atoms with Gasteiger partial charge >= 0.3 is 0 Å². The van der Waals surface area contributed by atoms with Crippen molar-refractivity contribution >= 4 is 22.9 Å². The maximum absolute atomic E-state index is 10.3. The van der Waals surface area contributed by atoms with Crippen LogP contribution in [-0.2, 0) is 0 Å². The molecule has 15 heavy (non-hydrogen) atoms. The second-order valence-corrected chi connectivity index (χ2v) is 6.85. The monoisotopic (exact) mass is 244 g/mol. The summed E-state index contributed by atoms with van der Waals surface area (Å²) in [6.45, 7) is 8.84. The molecule has 1 saturated carbocycles. The number of aliphatic hydroxyl groups is 1. The first-order chi connectivity index (χ1) is 6.80. The maximum Gasteiger partial charge on any atom is 0.0935 e. The molecule has 1 aliphatic rings. The molecule has 1 heterocycles. The van der Waals surface area contributed by atoms with Gasteiger partial charge in [0, 0.05) is 5.92 Å². The Morgan fingerprint density at radius 1 is 1.33 bits per heavy atom. The highest BCUT2D eigenvalue weighted by molar-refractivity contribution is 7.10. The minimum atomic E-state index is -0.414. The Morgan fingerprint density at radius 2 is 1.87 bits per heavy atom. The van der Waals surface area contributed by atoms with E-state index in [0.29, 0.717) is 10.9 Å². The Hall–Kier alpha value is -0.0500. The van der Waals surface area contributed by atoms with Gasteiger partial charge in [-0.2, -0.15) is 0 Å². The molecule has 1 aromatic heterocycles. The van der Waals surface area contributed by atoms with Crippen LogP contribution in [-0.4, -0.2) is 5.11 Å². The zero-order valence-corrected chi connectivity index (χ0v) is 11.1. The molecule has 1 N–H and O–H groups in total. The fraction of sp³-hybridized carbons (Fsp3) is 0.667. The lowest BCUT2D eigenvalue weighted by Gasteiger charge is -2.11. The SMILES string of the molecule is CC1(C)C(C(O)c2sccc2Cl)C1(C)C. The van der Waals surface area contributed by atoms with Gasteiger partial charge < -0.3 is 5.11 Å². The summed E-state index contributed by atoms with van der Waals surface area (Å²) >= 11 is 7.59. The van der Waals surface area contributed by atoms with Crippen molar-refractivity contribution in [3.63, 3.8) is 0 Å². The number of aliphatic hydroxyl groups excluding tert-OH is 1. The number of thiophene rings is 1. The molecule has 84 valence electrons. The van der Waals surface area contributed by atoms with E-state index in [9.17, 15) is 5.11 Å². The quantitative estimate of drug-likeness (QED) is 0.830. The highest BCUT2D eigenvalue weighted by atomic mass is 35.5. The summed E-state index contributed by atoms with van der Waals surface area (Å²) in [5.41, 5.74) is 0.388. The Balaban J connectivity index is 2.26. The van der Waals surface area contributed by atoms with Crippen molar-refractivity contribution in [2.75, 3.05) is 0 Å². The van der Waals surface area contributed by atoms with Gasteiger partial charge in [0.2, 0.25) is 0 Å². The lowest BCUT2D eigenvalue weighted by Crippen LogP contribution is -2.03. The van der Waals surface area contributed by atoms with Crippen molar-refractivity contribution in [2.45, 2.75) is 33.8 Å². The van der Waals surface area contributed by atoms with E-state index in [1.807, 2.05) is 11.4 Å². The van der Waals surface area contributed by atoms with Crippen LogP contribution in [0.25, 0.3) is 0 Å². The zero-order valence-electron chi connectivity index (χ0n) is 9.54. The summed E-state index contributed by atoms with van der Waals surface area (Å²) in [6.07, 6.45) is -0.414. The molecule has 0 saturated heterocycles. The predicted octanol–water partition coefficient (Wildman–Crippen LogP) is 4.12. The van der Waals surface area contributed by atoms with Gasteiger partial charge in [-0.05, 0) is 22.3 Å². The molecule has 1 fully saturated rings. The molecule has 0 spiro atoms. The zero-order chi connectivity index (χ0) is 11.4. The summed E-state index contributed by atoms with van der Waals surface area (Å²) in [5, 5.41) is 13.0. The number of halogens is 1. The van der Waals surface area contributed by atoms with Gasteiger partial charge in [-0.1, -0.05) is 39.3 Å². The van der Waals surface area contributed by atoms with E-state index in [1.165, 1.54) is 0 Å². The topological polar surface area (TPSA) is 20.2 Å². The van der Waals surface area contributed by atoms with Crippen molar-refractivity contribution in [3.8, 4) is 0 Å². The van der Waals surface area contributed by atoms with Crippen molar-refractivity contribution in [1.29, 1.82) is 0 Å². The largest absolute Gasteiger partial charge is 0.387 e. The molecule has 0 aliphatic heterocycles. The third-order valence-electron chi connectivity index (χ3n) is 4.36. The van der Waals surface area contributed by atoms with Crippen LogP contribution in [0.3, 0.4) is 0 Å². The van der Waals surface area contributed by atoms with E-state index in [2.05, 4.69) is 27.7 Å². The molecule has 1 atom stereocenters. The molecule has 0 amide bonds. The third-order valence-corrected chi connectivity index (χ3v) is 5.79. The normalized spacial score (nSPS) is 25.2. The number of hydrogen-bond acceptors (Lipinski definition) is 2. The third kappa shape index (κ3) is 1.46. The van der Waals surface area contributed by atoms with Crippen LogP contribution in [0.5, 0.6) is 0 Å². The lowest BCUT2D eigenvalue weighted by molar-refractivity contribution is 0.134. The highest BCUT2D eigenvalue weighted by Crippen LogP contribution is 2.72. The van der Waals surface area contributed by atoms with Gasteiger partial charge in [-0.15, -0.1) is 11.3 Å². The summed E-state index contributed by atoms with van der Waals surface area (Å²) in [5.74, 6) is 0.307. The van der Waals surface area contributed by atoms with Crippen LogP contribution < -0.4 is 0 Å². The second kappa shape index (κ2) is 3.22. The Bertz CT molecular complexity index is 367. The van der Waals surface area contributed by atoms with Gasteiger partial charge in [0.25, 0.3) is 0 Å². The minimum absolute atomic E-state index is 0.194. The van der Waals surface area contributed by atoms with Crippen LogP contribution in [0.2, 0.25) is 5.02 Å². The van der Waals surface area contributed by atoms with Gasteiger partial charge in [0.15, 0.2) is 0 Å². The van der Waals surface area contributed by atoms with Crippen LogP contribution >= 0.6 is 22.9 Å². The molecular weight excluding hydrogens is 228 g/mol. The van der Waals surface area contributed by atoms with Gasteiger partial charge in [-0.3, -0.25) is 0 Å². The summed E-state index contributed by atoms with van der Waals surface area (Å²) < 4.78 is 0. The molecule has 1 nitrogen and oxygen atoms in total. The summed E-state index contributed by atoms with van der Waals surface area (Å²) in [6, 6.07) is 1.85. The van der Waals surface area contributed by atoms with E-state index in [-0.39, 0.29) is 10.8 Å². The van der Waals surface area contributed by atoms with Crippen molar-refractivity contribution in [3.05, 3.63) is 21.3 Å². The molecule has 2 rings (SSSR count). The maximum atomic E-state index is 10.3. The second-order valence-electron chi connectivity index (χ2n) is 5.50. The summed E-state index contributed by atoms with van der Waals surface area (Å²) in [7, 11) is 0. The minimum Gasteiger partial charge on any atom is -0.387 e. The lowest BCUT2D eigenvalue weighted by atomic mass is 10.0. The average Bonchev–Trinajstić information content (AvgIpc) is 2.48. The standard InChI is InChI=1S/C12H17ClOS/c1-11(2)10(12(11,3)4)8(14)9-7(13)5-6-15-9/h5-6,8,10,14H,1-4H3. The first-order valence-corrected chi connectivity index (χ1v) is 6.47. The summed E-state index contributed by atoms with van der Waals surface area (Å²) in [4.78, 5) is 0.917. The highest BCUT2D eigenvalue weighted by Gasteiger charge is 2.67. The fourth-order valence-electron chi connectivity index (χ4n) is 2.70. The predicted molar refractivity (Wildman–Crippen MR) is 65.3 cm³/mol. The van der Waals surface area contributed by atoms with Gasteiger partial charge in [-0.25, -0.2) is 0 Å². The Kier molecular flexibility index (Phi) is 2.46. The van der Waals surface area contributed by atoms with E-state index in [1.54, 1.807) is 11.3 Å². The van der Waals surface area contributed by atoms with E-state index in [4.69, 9.17) is 11.6 Å². The number of hydrogen-bond donors (Lipinski definition) is 1. The van der Waals surface area contributed by atoms with E-state index < -0.39 is 6.10 Å². The van der Waals surface area contributed by atoms with Crippen LogP contribution in [0.15, 0.2) is 11.4 Å². The fourth-order valence-corrected chi connectivity index (χ4v) is 3.89.